The summed E-state index contributed by atoms with van der Waals surface area (Å²) >= 11 is 0. The van der Waals surface area contributed by atoms with Crippen LogP contribution in [0.4, 0.5) is 11.4 Å². The summed E-state index contributed by atoms with van der Waals surface area (Å²) in [5, 5.41) is 12.4. The van der Waals surface area contributed by atoms with Crippen molar-refractivity contribution in [3.8, 4) is 5.75 Å². The lowest BCUT2D eigenvalue weighted by Crippen LogP contribution is -2.34. The Morgan fingerprint density at radius 2 is 1.77 bits per heavy atom. The van der Waals surface area contributed by atoms with E-state index in [9.17, 15) is 5.11 Å². The van der Waals surface area contributed by atoms with E-state index in [0.29, 0.717) is 25.0 Å². The molecule has 7 heteroatoms. The number of aliphatic imine (C=N–C) groups is 1. The SMILES string of the molecule is CC(C)Oc1ccc(NC(N)=NCc2ccc(N3CCC(CO)CC3)cc2)cc1.I. The molecule has 30 heavy (non-hydrogen) atoms. The average Bonchev–Trinajstić information content (AvgIpc) is 2.74. The first kappa shape index (κ1) is 24.3. The van der Waals surface area contributed by atoms with E-state index in [1.54, 1.807) is 0 Å². The van der Waals surface area contributed by atoms with Gasteiger partial charge in [-0.3, -0.25) is 0 Å². The number of nitrogens with two attached hydrogens (primary N) is 1. The molecule has 0 saturated carbocycles. The van der Waals surface area contributed by atoms with Crippen molar-refractivity contribution in [1.29, 1.82) is 0 Å². The van der Waals surface area contributed by atoms with Crippen molar-refractivity contribution in [2.45, 2.75) is 39.3 Å². The first-order valence-corrected chi connectivity index (χ1v) is 10.3. The van der Waals surface area contributed by atoms with Crippen molar-refractivity contribution in [3.05, 3.63) is 54.1 Å². The topological polar surface area (TPSA) is 83.1 Å². The van der Waals surface area contributed by atoms with E-state index in [4.69, 9.17) is 10.5 Å². The zero-order chi connectivity index (χ0) is 20.6. The van der Waals surface area contributed by atoms with E-state index in [0.717, 1.165) is 42.9 Å². The number of aliphatic hydroxyl groups excluding tert-OH is 1. The van der Waals surface area contributed by atoms with E-state index in [1.165, 1.54) is 5.69 Å². The molecule has 2 aromatic rings. The van der Waals surface area contributed by atoms with Crippen LogP contribution in [0, 0.1) is 5.92 Å². The molecule has 0 spiro atoms. The van der Waals surface area contributed by atoms with Gasteiger partial charge in [-0.25, -0.2) is 4.99 Å². The molecular weight excluding hydrogens is 491 g/mol. The molecule has 164 valence electrons. The van der Waals surface area contributed by atoms with Gasteiger partial charge in [-0.1, -0.05) is 12.1 Å². The van der Waals surface area contributed by atoms with Crippen LogP contribution >= 0.6 is 24.0 Å². The van der Waals surface area contributed by atoms with Gasteiger partial charge in [0.15, 0.2) is 5.96 Å². The van der Waals surface area contributed by atoms with Crippen LogP contribution in [0.25, 0.3) is 0 Å². The molecule has 2 aromatic carbocycles. The van der Waals surface area contributed by atoms with E-state index in [-0.39, 0.29) is 30.1 Å². The number of halogens is 1. The lowest BCUT2D eigenvalue weighted by molar-refractivity contribution is 0.203. The molecule has 0 radical (unpaired) electrons. The van der Waals surface area contributed by atoms with E-state index in [2.05, 4.69) is 39.5 Å². The summed E-state index contributed by atoms with van der Waals surface area (Å²) in [5.74, 6) is 1.67. The van der Waals surface area contributed by atoms with Crippen molar-refractivity contribution >= 4 is 41.3 Å². The van der Waals surface area contributed by atoms with Gasteiger partial charge in [-0.05, 0) is 74.6 Å². The third-order valence-corrected chi connectivity index (χ3v) is 5.10. The Labute approximate surface area is 196 Å². The lowest BCUT2D eigenvalue weighted by Gasteiger charge is -2.32. The number of hydrogen-bond acceptors (Lipinski definition) is 4. The van der Waals surface area contributed by atoms with Crippen LogP contribution in [0.3, 0.4) is 0 Å². The van der Waals surface area contributed by atoms with Crippen LogP contribution in [-0.4, -0.2) is 36.9 Å². The molecule has 1 aliphatic heterocycles. The number of aliphatic hydroxyl groups is 1. The van der Waals surface area contributed by atoms with Crippen LogP contribution in [0.5, 0.6) is 5.75 Å². The summed E-state index contributed by atoms with van der Waals surface area (Å²) < 4.78 is 5.64. The highest BCUT2D eigenvalue weighted by atomic mass is 127. The second-order valence-corrected chi connectivity index (χ2v) is 7.80. The molecule has 0 unspecified atom stereocenters. The predicted octanol–water partition coefficient (Wildman–Crippen LogP) is 4.23. The Balaban J connectivity index is 0.00000320. The van der Waals surface area contributed by atoms with Crippen molar-refractivity contribution in [1.82, 2.24) is 0 Å². The highest BCUT2D eigenvalue weighted by Crippen LogP contribution is 2.23. The largest absolute Gasteiger partial charge is 0.491 e. The van der Waals surface area contributed by atoms with Gasteiger partial charge in [0.1, 0.15) is 5.75 Å². The molecule has 4 N–H and O–H groups in total. The van der Waals surface area contributed by atoms with Gasteiger partial charge in [0.05, 0.1) is 12.6 Å². The highest BCUT2D eigenvalue weighted by Gasteiger charge is 2.18. The van der Waals surface area contributed by atoms with Gasteiger partial charge in [0.2, 0.25) is 0 Å². The molecule has 1 heterocycles. The minimum absolute atomic E-state index is 0. The molecule has 1 fully saturated rings. The van der Waals surface area contributed by atoms with Crippen LogP contribution in [0.2, 0.25) is 0 Å². The van der Waals surface area contributed by atoms with Crippen LogP contribution < -0.4 is 20.7 Å². The van der Waals surface area contributed by atoms with Crippen LogP contribution in [0.15, 0.2) is 53.5 Å². The zero-order valence-electron chi connectivity index (χ0n) is 17.8. The number of guanidine groups is 1. The molecule has 0 atom stereocenters. The number of nitrogens with zero attached hydrogens (tertiary/aromatic N) is 2. The molecule has 6 nitrogen and oxygen atoms in total. The molecule has 3 rings (SSSR count). The monoisotopic (exact) mass is 524 g/mol. The fraction of sp³-hybridized carbons (Fsp3) is 0.435. The summed E-state index contributed by atoms with van der Waals surface area (Å²) in [6.45, 7) is 6.84. The first-order chi connectivity index (χ1) is 14.0. The standard InChI is InChI=1S/C23H32N4O2.HI/c1-17(2)29-22-9-5-20(6-10-22)26-23(24)25-15-18-3-7-21(8-4-18)27-13-11-19(16-28)12-14-27;/h3-10,17,19,28H,11-16H2,1-2H3,(H3,24,25,26);1H. The Bertz CT molecular complexity index is 786. The first-order valence-electron chi connectivity index (χ1n) is 10.3. The molecule has 1 saturated heterocycles. The number of anilines is 2. The summed E-state index contributed by atoms with van der Waals surface area (Å²) in [7, 11) is 0. The van der Waals surface area contributed by atoms with Gasteiger partial charge in [0, 0.05) is 31.1 Å². The number of piperidine rings is 1. The van der Waals surface area contributed by atoms with Gasteiger partial charge in [0.25, 0.3) is 0 Å². The Kier molecular flexibility index (Phi) is 9.71. The average molecular weight is 524 g/mol. The summed E-state index contributed by atoms with van der Waals surface area (Å²) in [5.41, 5.74) is 9.24. The van der Waals surface area contributed by atoms with E-state index < -0.39 is 0 Å². The predicted molar refractivity (Wildman–Crippen MR) is 135 cm³/mol. The van der Waals surface area contributed by atoms with Gasteiger partial charge < -0.3 is 25.8 Å². The fourth-order valence-electron chi connectivity index (χ4n) is 3.44. The third kappa shape index (κ3) is 7.36. The number of hydrogen-bond donors (Lipinski definition) is 3. The number of nitrogens with one attached hydrogen (secondary N) is 1. The molecule has 0 aromatic heterocycles. The summed E-state index contributed by atoms with van der Waals surface area (Å²) in [6, 6.07) is 16.2. The maximum Gasteiger partial charge on any atom is 0.193 e. The Morgan fingerprint density at radius 1 is 1.13 bits per heavy atom. The second-order valence-electron chi connectivity index (χ2n) is 7.80. The van der Waals surface area contributed by atoms with Crippen molar-refractivity contribution in [2.24, 2.45) is 16.6 Å². The zero-order valence-corrected chi connectivity index (χ0v) is 20.1. The third-order valence-electron chi connectivity index (χ3n) is 5.10. The van der Waals surface area contributed by atoms with Gasteiger partial charge in [-0.15, -0.1) is 24.0 Å². The highest BCUT2D eigenvalue weighted by molar-refractivity contribution is 14.0. The lowest BCUT2D eigenvalue weighted by atomic mass is 9.97. The molecule has 0 bridgehead atoms. The molecular formula is C23H33IN4O2. The van der Waals surface area contributed by atoms with Gasteiger partial charge in [-0.2, -0.15) is 0 Å². The van der Waals surface area contributed by atoms with E-state index in [1.807, 2.05) is 38.1 Å². The minimum Gasteiger partial charge on any atom is -0.491 e. The molecule has 1 aliphatic rings. The maximum atomic E-state index is 9.27. The van der Waals surface area contributed by atoms with Crippen molar-refractivity contribution in [2.75, 3.05) is 29.9 Å². The minimum atomic E-state index is 0. The van der Waals surface area contributed by atoms with E-state index >= 15 is 0 Å². The maximum absolute atomic E-state index is 9.27. The Morgan fingerprint density at radius 3 is 2.33 bits per heavy atom. The Hall–Kier alpha value is -2.00. The van der Waals surface area contributed by atoms with Crippen LogP contribution in [-0.2, 0) is 6.54 Å². The normalized spacial score (nSPS) is 15.1. The van der Waals surface area contributed by atoms with Crippen LogP contribution in [0.1, 0.15) is 32.3 Å². The smallest absolute Gasteiger partial charge is 0.193 e. The quantitative estimate of drug-likeness (QED) is 0.287. The molecule has 0 amide bonds. The fourth-order valence-corrected chi connectivity index (χ4v) is 3.44. The number of ether oxygens (including phenoxy) is 1. The van der Waals surface area contributed by atoms with Gasteiger partial charge >= 0.3 is 0 Å². The van der Waals surface area contributed by atoms with Crippen molar-refractivity contribution < 1.29 is 9.84 Å². The molecule has 0 aliphatic carbocycles. The second kappa shape index (κ2) is 12.0. The number of rotatable bonds is 7. The number of benzene rings is 2. The summed E-state index contributed by atoms with van der Waals surface area (Å²) in [4.78, 5) is 6.81. The summed E-state index contributed by atoms with van der Waals surface area (Å²) in [6.07, 6.45) is 2.25. The van der Waals surface area contributed by atoms with Crippen molar-refractivity contribution in [3.63, 3.8) is 0 Å².